The lowest BCUT2D eigenvalue weighted by molar-refractivity contribution is -0.126. The Balaban J connectivity index is 1.59. The summed E-state index contributed by atoms with van der Waals surface area (Å²) in [6.07, 6.45) is 0. The summed E-state index contributed by atoms with van der Waals surface area (Å²) >= 11 is 0. The van der Waals surface area contributed by atoms with Crippen molar-refractivity contribution in [2.45, 2.75) is 13.0 Å². The van der Waals surface area contributed by atoms with Gasteiger partial charge in [-0.2, -0.15) is 0 Å². The number of carbonyl (C=O) groups excluding carboxylic acids is 4. The van der Waals surface area contributed by atoms with Gasteiger partial charge in [0.05, 0.1) is 17.7 Å². The summed E-state index contributed by atoms with van der Waals surface area (Å²) in [6.45, 7) is 0.885. The van der Waals surface area contributed by atoms with Crippen LogP contribution in [0.1, 0.15) is 27.6 Å². The molecule has 0 bridgehead atoms. The summed E-state index contributed by atoms with van der Waals surface area (Å²) in [5.74, 6) is -4.75. The molecule has 2 aromatic carbocycles. The van der Waals surface area contributed by atoms with Crippen LogP contribution in [0.3, 0.4) is 0 Å². The van der Waals surface area contributed by atoms with E-state index >= 15 is 0 Å². The van der Waals surface area contributed by atoms with Crippen LogP contribution in [-0.4, -0.2) is 41.1 Å². The number of halogens is 2. The molecule has 2 aromatic rings. The van der Waals surface area contributed by atoms with Crippen molar-refractivity contribution < 1.29 is 28.0 Å². The maximum atomic E-state index is 13.1. The quantitative estimate of drug-likeness (QED) is 0.764. The van der Waals surface area contributed by atoms with Crippen LogP contribution in [0.25, 0.3) is 0 Å². The Kier molecular flexibility index (Phi) is 5.16. The fourth-order valence-corrected chi connectivity index (χ4v) is 2.77. The highest BCUT2D eigenvalue weighted by molar-refractivity contribution is 6.22. The van der Waals surface area contributed by atoms with E-state index in [0.717, 1.165) is 17.0 Å². The summed E-state index contributed by atoms with van der Waals surface area (Å²) in [5, 5.41) is 4.61. The van der Waals surface area contributed by atoms with Crippen LogP contribution < -0.4 is 10.6 Å². The molecule has 1 heterocycles. The van der Waals surface area contributed by atoms with Gasteiger partial charge in [0.1, 0.15) is 6.04 Å². The number of amides is 4. The standard InChI is InChI=1S/C19H15F2N3O4/c1-10(24-18(27)12-4-2-3-5-13(12)19(24)28)17(26)22-9-16(25)23-11-6-7-14(20)15(21)8-11/h2-8,10H,9H2,1H3,(H,22,26)(H,23,25)/t10-/m0/s1. The van der Waals surface area contributed by atoms with E-state index in [1.807, 2.05) is 0 Å². The molecular formula is C19H15F2N3O4. The van der Waals surface area contributed by atoms with Gasteiger partial charge < -0.3 is 10.6 Å². The predicted octanol–water partition coefficient (Wildman–Crippen LogP) is 1.70. The third kappa shape index (κ3) is 3.59. The van der Waals surface area contributed by atoms with Gasteiger partial charge in [-0.05, 0) is 31.2 Å². The third-order valence-corrected chi connectivity index (χ3v) is 4.22. The molecule has 0 aromatic heterocycles. The molecule has 0 unspecified atom stereocenters. The maximum Gasteiger partial charge on any atom is 0.262 e. The molecule has 0 fully saturated rings. The van der Waals surface area contributed by atoms with E-state index < -0.39 is 47.8 Å². The number of benzene rings is 2. The lowest BCUT2D eigenvalue weighted by Gasteiger charge is -2.21. The van der Waals surface area contributed by atoms with Gasteiger partial charge in [0.25, 0.3) is 11.8 Å². The number of imide groups is 1. The molecule has 0 spiro atoms. The molecule has 0 radical (unpaired) electrons. The largest absolute Gasteiger partial charge is 0.345 e. The second-order valence-electron chi connectivity index (χ2n) is 6.10. The molecule has 2 N–H and O–H groups in total. The van der Waals surface area contributed by atoms with Crippen LogP contribution in [0, 0.1) is 11.6 Å². The molecule has 0 saturated carbocycles. The van der Waals surface area contributed by atoms with E-state index in [9.17, 15) is 28.0 Å². The fraction of sp³-hybridized carbons (Fsp3) is 0.158. The smallest absolute Gasteiger partial charge is 0.262 e. The van der Waals surface area contributed by atoms with Gasteiger partial charge in [0.15, 0.2) is 11.6 Å². The van der Waals surface area contributed by atoms with Crippen molar-refractivity contribution in [3.63, 3.8) is 0 Å². The fourth-order valence-electron chi connectivity index (χ4n) is 2.77. The second-order valence-corrected chi connectivity index (χ2v) is 6.10. The molecular weight excluding hydrogens is 372 g/mol. The number of nitrogens with one attached hydrogen (secondary N) is 2. The summed E-state index contributed by atoms with van der Waals surface area (Å²) in [4.78, 5) is 49.7. The molecule has 0 aliphatic carbocycles. The average Bonchev–Trinajstić information content (AvgIpc) is 2.93. The summed E-state index contributed by atoms with van der Waals surface area (Å²) < 4.78 is 26.0. The first-order valence-corrected chi connectivity index (χ1v) is 8.29. The number of hydrogen-bond acceptors (Lipinski definition) is 4. The van der Waals surface area contributed by atoms with E-state index in [0.29, 0.717) is 0 Å². The van der Waals surface area contributed by atoms with Crippen molar-refractivity contribution >= 4 is 29.3 Å². The molecule has 144 valence electrons. The highest BCUT2D eigenvalue weighted by atomic mass is 19.2. The highest BCUT2D eigenvalue weighted by Gasteiger charge is 2.40. The van der Waals surface area contributed by atoms with Crippen molar-refractivity contribution in [3.8, 4) is 0 Å². The van der Waals surface area contributed by atoms with Crippen molar-refractivity contribution in [2.75, 3.05) is 11.9 Å². The normalized spacial score (nSPS) is 13.9. The predicted molar refractivity (Wildman–Crippen MR) is 94.4 cm³/mol. The Bertz CT molecular complexity index is 958. The van der Waals surface area contributed by atoms with E-state index in [1.54, 1.807) is 12.1 Å². The minimum atomic E-state index is -1.14. The van der Waals surface area contributed by atoms with Crippen LogP contribution in [0.4, 0.5) is 14.5 Å². The number of nitrogens with zero attached hydrogens (tertiary/aromatic N) is 1. The lowest BCUT2D eigenvalue weighted by atomic mass is 10.1. The maximum absolute atomic E-state index is 13.1. The topological polar surface area (TPSA) is 95.6 Å². The summed E-state index contributed by atoms with van der Waals surface area (Å²) in [6, 6.07) is 7.90. The van der Waals surface area contributed by atoms with Gasteiger partial charge in [-0.15, -0.1) is 0 Å². The Hall–Kier alpha value is -3.62. The SMILES string of the molecule is C[C@@H](C(=O)NCC(=O)Nc1ccc(F)c(F)c1)N1C(=O)c2ccccc2C1=O. The first-order chi connectivity index (χ1) is 13.3. The highest BCUT2D eigenvalue weighted by Crippen LogP contribution is 2.24. The number of fused-ring (bicyclic) bond motifs is 1. The molecule has 0 saturated heterocycles. The Morgan fingerprint density at radius 3 is 2.18 bits per heavy atom. The Morgan fingerprint density at radius 2 is 1.61 bits per heavy atom. The lowest BCUT2D eigenvalue weighted by Crippen LogP contribution is -2.49. The minimum absolute atomic E-state index is 0.0199. The molecule has 1 atom stereocenters. The molecule has 9 heteroatoms. The number of hydrogen-bond donors (Lipinski definition) is 2. The minimum Gasteiger partial charge on any atom is -0.345 e. The van der Waals surface area contributed by atoms with Crippen molar-refractivity contribution in [1.29, 1.82) is 0 Å². The molecule has 7 nitrogen and oxygen atoms in total. The van der Waals surface area contributed by atoms with Crippen molar-refractivity contribution in [1.82, 2.24) is 10.2 Å². The zero-order valence-corrected chi connectivity index (χ0v) is 14.7. The van der Waals surface area contributed by atoms with Gasteiger partial charge in [-0.1, -0.05) is 12.1 Å². The average molecular weight is 387 g/mol. The number of carbonyl (C=O) groups is 4. The van der Waals surface area contributed by atoms with E-state index in [-0.39, 0.29) is 16.8 Å². The van der Waals surface area contributed by atoms with Crippen LogP contribution in [0.2, 0.25) is 0 Å². The summed E-state index contributed by atoms with van der Waals surface area (Å²) in [7, 11) is 0. The van der Waals surface area contributed by atoms with Crippen LogP contribution in [0.5, 0.6) is 0 Å². The van der Waals surface area contributed by atoms with Gasteiger partial charge >= 0.3 is 0 Å². The molecule has 1 aliphatic rings. The van der Waals surface area contributed by atoms with Gasteiger partial charge in [-0.25, -0.2) is 8.78 Å². The first-order valence-electron chi connectivity index (χ1n) is 8.29. The Labute approximate surface area is 158 Å². The summed E-state index contributed by atoms with van der Waals surface area (Å²) in [5.41, 5.74) is 0.443. The van der Waals surface area contributed by atoms with Crippen LogP contribution >= 0.6 is 0 Å². The van der Waals surface area contributed by atoms with Gasteiger partial charge in [0, 0.05) is 11.8 Å². The van der Waals surface area contributed by atoms with Crippen LogP contribution in [-0.2, 0) is 9.59 Å². The first kappa shape index (κ1) is 19.2. The van der Waals surface area contributed by atoms with E-state index in [1.165, 1.54) is 25.1 Å². The number of anilines is 1. The van der Waals surface area contributed by atoms with Gasteiger partial charge in [0.2, 0.25) is 11.8 Å². The zero-order valence-electron chi connectivity index (χ0n) is 14.7. The van der Waals surface area contributed by atoms with E-state index in [4.69, 9.17) is 0 Å². The second kappa shape index (κ2) is 7.55. The third-order valence-electron chi connectivity index (χ3n) is 4.22. The zero-order chi connectivity index (χ0) is 20.4. The molecule has 1 aliphatic heterocycles. The van der Waals surface area contributed by atoms with Crippen molar-refractivity contribution in [3.05, 3.63) is 65.2 Å². The molecule has 28 heavy (non-hydrogen) atoms. The monoisotopic (exact) mass is 387 g/mol. The van der Waals surface area contributed by atoms with E-state index in [2.05, 4.69) is 10.6 Å². The Morgan fingerprint density at radius 1 is 1.00 bits per heavy atom. The molecule has 4 amide bonds. The number of rotatable bonds is 5. The van der Waals surface area contributed by atoms with Gasteiger partial charge in [-0.3, -0.25) is 24.1 Å². The van der Waals surface area contributed by atoms with Crippen LogP contribution in [0.15, 0.2) is 42.5 Å². The van der Waals surface area contributed by atoms with Crippen molar-refractivity contribution in [2.24, 2.45) is 0 Å². The molecule has 3 rings (SSSR count).